The molecule has 4 aliphatic heterocycles. The van der Waals surface area contributed by atoms with E-state index in [1.54, 1.807) is 35.3 Å². The zero-order valence-corrected chi connectivity index (χ0v) is 28.7. The number of halogens is 1. The number of rotatable bonds is 10. The monoisotopic (exact) mass is 696 g/mol. The van der Waals surface area contributed by atoms with Gasteiger partial charge in [-0.05, 0) is 54.4 Å². The Morgan fingerprint density at radius 2 is 1.84 bits per heavy atom. The van der Waals surface area contributed by atoms with Gasteiger partial charge in [0.1, 0.15) is 17.9 Å². The smallest absolute Gasteiger partial charge is 0.249 e. The minimum Gasteiger partial charge on any atom is -0.361 e. The summed E-state index contributed by atoms with van der Waals surface area (Å²) in [5, 5.41) is 7.27. The normalized spacial score (nSPS) is 23.0. The van der Waals surface area contributed by atoms with Crippen LogP contribution in [0.1, 0.15) is 24.0 Å². The summed E-state index contributed by atoms with van der Waals surface area (Å²) in [4.78, 5) is 72.3. The van der Waals surface area contributed by atoms with Crippen molar-refractivity contribution < 1.29 is 19.2 Å². The number of likely N-dealkylation sites (N-methyl/N-ethyl adjacent to an activating group) is 1. The number of aromatic amines is 1. The van der Waals surface area contributed by atoms with E-state index in [1.165, 1.54) is 5.56 Å². The van der Waals surface area contributed by atoms with Crippen LogP contribution >= 0.6 is 11.6 Å². The van der Waals surface area contributed by atoms with E-state index in [1.807, 2.05) is 59.8 Å². The summed E-state index contributed by atoms with van der Waals surface area (Å²) < 4.78 is 0. The number of amides is 4. The number of piperidine rings is 1. The highest BCUT2D eigenvalue weighted by molar-refractivity contribution is 6.31. The van der Waals surface area contributed by atoms with Crippen LogP contribution in [0.15, 0.2) is 77.1 Å². The Bertz CT molecular complexity index is 1870. The molecule has 0 saturated carbocycles. The average Bonchev–Trinajstić information content (AvgIpc) is 3.87. The number of nitrogens with zero attached hydrogens (tertiary/aromatic N) is 5. The van der Waals surface area contributed by atoms with Crippen molar-refractivity contribution in [2.75, 3.05) is 39.8 Å². The summed E-state index contributed by atoms with van der Waals surface area (Å²) in [6.07, 6.45) is 9.06. The third kappa shape index (κ3) is 7.02. The number of H-pyrrole nitrogens is 1. The molecule has 260 valence electrons. The number of amidine groups is 1. The van der Waals surface area contributed by atoms with Gasteiger partial charge in [-0.2, -0.15) is 0 Å². The first-order valence-electron chi connectivity index (χ1n) is 17.2. The second kappa shape index (κ2) is 14.5. The molecular weight excluding hydrogens is 656 g/mol. The molecule has 4 unspecified atom stereocenters. The molecule has 4 aliphatic rings. The standard InChI is InChI=1S/C37H41ClN8O4/c1-39-36(49)30(9-5-8-23-6-3-2-4-7-23)43-35(48)29-21-45(34(47)14-24-16-41-31-15-26(38)10-11-27(24)31)18-25-19-46(20-28(25)29)37(50)32-22-44-13-12-40-17-33(44)42-32/h2-4,6-7,10-13,15-17,25,28-30,32,41H,5,8-9,14,18-22H2,1H3,(H,39,49)(H,43,48)/t25?,28?,29?,30-,32?/m0/s1. The van der Waals surface area contributed by atoms with Crippen molar-refractivity contribution in [1.29, 1.82) is 0 Å². The molecule has 3 aromatic rings. The zero-order chi connectivity index (χ0) is 34.8. The quantitative estimate of drug-likeness (QED) is 0.299. The lowest BCUT2D eigenvalue weighted by molar-refractivity contribution is -0.140. The van der Waals surface area contributed by atoms with Crippen LogP contribution in [0, 0.1) is 17.8 Å². The van der Waals surface area contributed by atoms with E-state index < -0.39 is 18.0 Å². The first-order chi connectivity index (χ1) is 24.3. The number of hydrogen-bond donors (Lipinski definition) is 3. The van der Waals surface area contributed by atoms with Gasteiger partial charge in [0.05, 0.1) is 25.1 Å². The number of hydrogen-bond acceptors (Lipinski definition) is 7. The number of nitrogens with one attached hydrogen (secondary N) is 3. The number of aryl methyl sites for hydroxylation is 1. The SMILES string of the molecule is CNC(=O)[C@H](CCCc1ccccc1)NC(=O)C1CN(C(=O)Cc2c[nH]c3cc(Cl)ccc23)CC2CN(C(=O)C3CN4C=CN=CC4=N3)CC21. The zero-order valence-electron chi connectivity index (χ0n) is 27.9. The Balaban J connectivity index is 1.09. The van der Waals surface area contributed by atoms with Gasteiger partial charge >= 0.3 is 0 Å². The van der Waals surface area contributed by atoms with Gasteiger partial charge in [0.2, 0.25) is 23.6 Å². The molecule has 0 bridgehead atoms. The van der Waals surface area contributed by atoms with Crippen LogP contribution in [0.3, 0.4) is 0 Å². The van der Waals surface area contributed by atoms with Gasteiger partial charge in [-0.1, -0.05) is 48.0 Å². The maximum atomic E-state index is 14.2. The molecule has 12 nitrogen and oxygen atoms in total. The third-order valence-corrected chi connectivity index (χ3v) is 10.6. The largest absolute Gasteiger partial charge is 0.361 e. The van der Waals surface area contributed by atoms with Crippen LogP contribution in [0.5, 0.6) is 0 Å². The fourth-order valence-corrected chi connectivity index (χ4v) is 7.94. The summed E-state index contributed by atoms with van der Waals surface area (Å²) >= 11 is 6.18. The van der Waals surface area contributed by atoms with Crippen LogP contribution < -0.4 is 10.6 Å². The Hall–Kier alpha value is -4.97. The molecule has 7 rings (SSSR count). The summed E-state index contributed by atoms with van der Waals surface area (Å²) in [6, 6.07) is 14.3. The molecule has 3 N–H and O–H groups in total. The minimum atomic E-state index is -0.723. The van der Waals surface area contributed by atoms with E-state index in [2.05, 4.69) is 25.6 Å². The lowest BCUT2D eigenvalue weighted by Crippen LogP contribution is -2.56. The maximum Gasteiger partial charge on any atom is 0.249 e. The van der Waals surface area contributed by atoms with Gasteiger partial charge in [-0.15, -0.1) is 0 Å². The molecule has 0 aliphatic carbocycles. The van der Waals surface area contributed by atoms with Crippen molar-refractivity contribution in [2.45, 2.75) is 37.8 Å². The highest BCUT2D eigenvalue weighted by atomic mass is 35.5. The van der Waals surface area contributed by atoms with Gasteiger partial charge in [0.15, 0.2) is 0 Å². The van der Waals surface area contributed by atoms with Gasteiger partial charge in [0.25, 0.3) is 0 Å². The maximum absolute atomic E-state index is 14.2. The van der Waals surface area contributed by atoms with E-state index in [9.17, 15) is 19.2 Å². The van der Waals surface area contributed by atoms with Crippen molar-refractivity contribution >= 4 is 58.2 Å². The minimum absolute atomic E-state index is 0.0956. The first-order valence-corrected chi connectivity index (χ1v) is 17.6. The van der Waals surface area contributed by atoms with E-state index >= 15 is 0 Å². The number of aliphatic imine (C=N–C) groups is 2. The van der Waals surface area contributed by atoms with Crippen LogP contribution in [-0.4, -0.2) is 107 Å². The second-order valence-corrected chi connectivity index (χ2v) is 14.0. The molecule has 50 heavy (non-hydrogen) atoms. The van der Waals surface area contributed by atoms with Crippen LogP contribution in [0.25, 0.3) is 10.9 Å². The fourth-order valence-electron chi connectivity index (χ4n) is 7.77. The molecule has 5 atom stereocenters. The van der Waals surface area contributed by atoms with Gasteiger partial charge in [0, 0.05) is 67.7 Å². The van der Waals surface area contributed by atoms with Gasteiger partial charge in [-0.25, -0.2) is 0 Å². The third-order valence-electron chi connectivity index (χ3n) is 10.4. The Kier molecular flexibility index (Phi) is 9.71. The second-order valence-electron chi connectivity index (χ2n) is 13.5. The Morgan fingerprint density at radius 3 is 2.64 bits per heavy atom. The fraction of sp³-hybridized carbons (Fsp3) is 0.405. The topological polar surface area (TPSA) is 143 Å². The summed E-state index contributed by atoms with van der Waals surface area (Å²) in [7, 11) is 1.57. The number of carbonyl (C=O) groups excluding carboxylic acids is 4. The molecule has 0 spiro atoms. The lowest BCUT2D eigenvalue weighted by atomic mass is 9.79. The number of aromatic nitrogens is 1. The molecular formula is C37H41ClN8O4. The van der Waals surface area contributed by atoms with E-state index in [-0.39, 0.29) is 48.4 Å². The van der Waals surface area contributed by atoms with Crippen LogP contribution in [-0.2, 0) is 32.0 Å². The molecule has 2 aromatic carbocycles. The summed E-state index contributed by atoms with van der Waals surface area (Å²) in [6.45, 7) is 1.87. The molecule has 5 heterocycles. The van der Waals surface area contributed by atoms with Crippen molar-refractivity contribution in [3.8, 4) is 0 Å². The van der Waals surface area contributed by atoms with Crippen molar-refractivity contribution in [3.63, 3.8) is 0 Å². The van der Waals surface area contributed by atoms with Crippen LogP contribution in [0.2, 0.25) is 5.02 Å². The number of carbonyl (C=O) groups is 4. The first kappa shape index (κ1) is 33.5. The number of fused-ring (bicyclic) bond motifs is 3. The lowest BCUT2D eigenvalue weighted by Gasteiger charge is -2.40. The number of likely N-dealkylation sites (tertiary alicyclic amines) is 2. The van der Waals surface area contributed by atoms with E-state index in [4.69, 9.17) is 11.6 Å². The van der Waals surface area contributed by atoms with E-state index in [0.717, 1.165) is 22.9 Å². The van der Waals surface area contributed by atoms with Crippen LogP contribution in [0.4, 0.5) is 0 Å². The molecule has 2 saturated heterocycles. The summed E-state index contributed by atoms with van der Waals surface area (Å²) in [5.41, 5.74) is 2.86. The predicted molar refractivity (Wildman–Crippen MR) is 192 cm³/mol. The highest BCUT2D eigenvalue weighted by Crippen LogP contribution is 2.37. The molecule has 13 heteroatoms. The summed E-state index contributed by atoms with van der Waals surface area (Å²) in [5.74, 6) is -0.960. The van der Waals surface area contributed by atoms with Crippen molar-refractivity contribution in [2.24, 2.45) is 27.7 Å². The average molecular weight is 697 g/mol. The van der Waals surface area contributed by atoms with Crippen molar-refractivity contribution in [3.05, 3.63) is 83.3 Å². The highest BCUT2D eigenvalue weighted by Gasteiger charge is 2.49. The molecule has 2 fully saturated rings. The van der Waals surface area contributed by atoms with Crippen molar-refractivity contribution in [1.82, 2.24) is 30.3 Å². The number of benzene rings is 2. The molecule has 4 amide bonds. The predicted octanol–water partition coefficient (Wildman–Crippen LogP) is 2.79. The molecule has 0 radical (unpaired) electrons. The molecule has 1 aromatic heterocycles. The van der Waals surface area contributed by atoms with Gasteiger partial charge in [-0.3, -0.25) is 29.2 Å². The Labute approximate surface area is 295 Å². The van der Waals surface area contributed by atoms with E-state index in [0.29, 0.717) is 49.9 Å². The van der Waals surface area contributed by atoms with Gasteiger partial charge < -0.3 is 30.3 Å². The Morgan fingerprint density at radius 1 is 1.02 bits per heavy atom.